The van der Waals surface area contributed by atoms with Crippen molar-refractivity contribution in [3.8, 4) is 6.07 Å². The summed E-state index contributed by atoms with van der Waals surface area (Å²) >= 11 is 0. The fourth-order valence-corrected chi connectivity index (χ4v) is 1.43. The maximum absolute atomic E-state index is 10.7. The second-order valence-electron chi connectivity index (χ2n) is 3.30. The summed E-state index contributed by atoms with van der Waals surface area (Å²) in [6, 6.07) is 5.30. The van der Waals surface area contributed by atoms with Gasteiger partial charge in [0.15, 0.2) is 0 Å². The molecular weight excluding hydrogens is 206 g/mol. The van der Waals surface area contributed by atoms with E-state index >= 15 is 0 Å². The lowest BCUT2D eigenvalue weighted by atomic mass is 10.2. The smallest absolute Gasteiger partial charge is 0.323 e. The highest BCUT2D eigenvalue weighted by molar-refractivity contribution is 5.74. The van der Waals surface area contributed by atoms with Gasteiger partial charge in [-0.05, 0) is 18.6 Å². The number of nitriles is 1. The zero-order chi connectivity index (χ0) is 12.0. The molecule has 0 aliphatic carbocycles. The summed E-state index contributed by atoms with van der Waals surface area (Å²) in [4.78, 5) is 16.4. The van der Waals surface area contributed by atoms with E-state index in [4.69, 9.17) is 10.4 Å². The van der Waals surface area contributed by atoms with E-state index in [0.717, 1.165) is 6.42 Å². The van der Waals surface area contributed by atoms with Gasteiger partial charge in [0.05, 0.1) is 5.56 Å². The van der Waals surface area contributed by atoms with Crippen LogP contribution in [0.5, 0.6) is 0 Å². The zero-order valence-corrected chi connectivity index (χ0v) is 9.05. The van der Waals surface area contributed by atoms with Gasteiger partial charge in [-0.2, -0.15) is 5.26 Å². The van der Waals surface area contributed by atoms with Crippen molar-refractivity contribution in [3.05, 3.63) is 23.9 Å². The predicted molar refractivity (Wildman–Crippen MR) is 59.1 cm³/mol. The molecule has 0 aliphatic rings. The minimum absolute atomic E-state index is 0.139. The number of aromatic nitrogens is 1. The summed E-state index contributed by atoms with van der Waals surface area (Å²) in [7, 11) is 0. The van der Waals surface area contributed by atoms with Crippen LogP contribution in [0.15, 0.2) is 18.3 Å². The van der Waals surface area contributed by atoms with Crippen molar-refractivity contribution in [1.82, 2.24) is 4.98 Å². The summed E-state index contributed by atoms with van der Waals surface area (Å²) < 4.78 is 0. The summed E-state index contributed by atoms with van der Waals surface area (Å²) in [5.41, 5.74) is 0.400. The van der Waals surface area contributed by atoms with Crippen LogP contribution < -0.4 is 4.90 Å². The second kappa shape index (κ2) is 5.71. The maximum Gasteiger partial charge on any atom is 0.323 e. The molecule has 1 aromatic heterocycles. The molecule has 0 saturated carbocycles. The third kappa shape index (κ3) is 2.95. The number of aliphatic carboxylic acids is 1. The van der Waals surface area contributed by atoms with E-state index in [-0.39, 0.29) is 6.54 Å². The van der Waals surface area contributed by atoms with Crippen LogP contribution in [0, 0.1) is 11.3 Å². The topological polar surface area (TPSA) is 77.2 Å². The fraction of sp³-hybridized carbons (Fsp3) is 0.364. The van der Waals surface area contributed by atoms with Gasteiger partial charge in [0, 0.05) is 12.7 Å². The lowest BCUT2D eigenvalue weighted by Gasteiger charge is -2.21. The molecule has 5 nitrogen and oxygen atoms in total. The van der Waals surface area contributed by atoms with Crippen molar-refractivity contribution >= 4 is 11.8 Å². The van der Waals surface area contributed by atoms with Crippen molar-refractivity contribution in [2.45, 2.75) is 13.3 Å². The van der Waals surface area contributed by atoms with Crippen molar-refractivity contribution in [2.75, 3.05) is 18.0 Å². The molecule has 1 aromatic rings. The van der Waals surface area contributed by atoms with Crippen LogP contribution in [-0.4, -0.2) is 29.1 Å². The largest absolute Gasteiger partial charge is 0.480 e. The molecular formula is C11H13N3O2. The van der Waals surface area contributed by atoms with Gasteiger partial charge in [-0.1, -0.05) is 6.92 Å². The number of anilines is 1. The first kappa shape index (κ1) is 12.0. The summed E-state index contributed by atoms with van der Waals surface area (Å²) in [6.07, 6.45) is 2.36. The molecule has 0 atom stereocenters. The summed E-state index contributed by atoms with van der Waals surface area (Å²) in [5, 5.41) is 17.7. The first-order valence-electron chi connectivity index (χ1n) is 5.01. The van der Waals surface area contributed by atoms with Crippen LogP contribution in [0.1, 0.15) is 18.9 Å². The fourth-order valence-electron chi connectivity index (χ4n) is 1.43. The Hall–Kier alpha value is -2.09. The second-order valence-corrected chi connectivity index (χ2v) is 3.30. The van der Waals surface area contributed by atoms with E-state index in [1.54, 1.807) is 23.2 Å². The third-order valence-corrected chi connectivity index (χ3v) is 2.03. The van der Waals surface area contributed by atoms with Gasteiger partial charge in [-0.25, -0.2) is 4.98 Å². The van der Waals surface area contributed by atoms with Gasteiger partial charge in [0.2, 0.25) is 0 Å². The van der Waals surface area contributed by atoms with Crippen LogP contribution in [0.3, 0.4) is 0 Å². The first-order chi connectivity index (χ1) is 7.69. The predicted octanol–water partition coefficient (Wildman–Crippen LogP) is 1.25. The van der Waals surface area contributed by atoms with Crippen LogP contribution in [0.2, 0.25) is 0 Å². The number of pyridine rings is 1. The molecule has 1 N–H and O–H groups in total. The van der Waals surface area contributed by atoms with Gasteiger partial charge in [-0.3, -0.25) is 4.79 Å². The highest BCUT2D eigenvalue weighted by Gasteiger charge is 2.14. The molecule has 0 aromatic carbocycles. The van der Waals surface area contributed by atoms with E-state index in [9.17, 15) is 4.79 Å². The lowest BCUT2D eigenvalue weighted by Crippen LogP contribution is -2.31. The number of carboxylic acid groups (broad SMARTS) is 1. The average Bonchev–Trinajstić information content (AvgIpc) is 2.28. The Morgan fingerprint density at radius 1 is 1.69 bits per heavy atom. The molecule has 0 amide bonds. The summed E-state index contributed by atoms with van der Waals surface area (Å²) in [6.45, 7) is 2.38. The normalized spacial score (nSPS) is 9.50. The van der Waals surface area contributed by atoms with Gasteiger partial charge in [-0.15, -0.1) is 0 Å². The first-order valence-corrected chi connectivity index (χ1v) is 5.01. The summed E-state index contributed by atoms with van der Waals surface area (Å²) in [5.74, 6) is -0.489. The van der Waals surface area contributed by atoms with Gasteiger partial charge in [0.1, 0.15) is 18.4 Å². The van der Waals surface area contributed by atoms with Crippen molar-refractivity contribution in [3.63, 3.8) is 0 Å². The number of nitrogens with zero attached hydrogens (tertiary/aromatic N) is 3. The Morgan fingerprint density at radius 2 is 2.44 bits per heavy atom. The highest BCUT2D eigenvalue weighted by atomic mass is 16.4. The minimum Gasteiger partial charge on any atom is -0.480 e. The molecule has 0 bridgehead atoms. The molecule has 0 fully saturated rings. The standard InChI is InChI=1S/C11H13N3O2/c1-2-6-14(8-10(15)16)11-9(7-12)4-3-5-13-11/h3-5H,2,6,8H2,1H3,(H,15,16). The average molecular weight is 219 g/mol. The molecule has 1 rings (SSSR count). The maximum atomic E-state index is 10.7. The van der Waals surface area contributed by atoms with Gasteiger partial charge >= 0.3 is 5.97 Å². The van der Waals surface area contributed by atoms with Crippen LogP contribution in [0.25, 0.3) is 0 Å². The molecule has 84 valence electrons. The molecule has 5 heteroatoms. The van der Waals surface area contributed by atoms with E-state index in [2.05, 4.69) is 4.98 Å². The molecule has 0 radical (unpaired) electrons. The van der Waals surface area contributed by atoms with Crippen molar-refractivity contribution < 1.29 is 9.90 Å². The van der Waals surface area contributed by atoms with E-state index < -0.39 is 5.97 Å². The van der Waals surface area contributed by atoms with Crippen molar-refractivity contribution in [1.29, 1.82) is 5.26 Å². The highest BCUT2D eigenvalue weighted by Crippen LogP contribution is 2.15. The Balaban J connectivity index is 3.00. The van der Waals surface area contributed by atoms with Crippen LogP contribution >= 0.6 is 0 Å². The molecule has 0 spiro atoms. The number of carbonyl (C=O) groups is 1. The van der Waals surface area contributed by atoms with E-state index in [1.807, 2.05) is 13.0 Å². The Bertz CT molecular complexity index is 412. The molecule has 0 unspecified atom stereocenters. The Morgan fingerprint density at radius 3 is 3.00 bits per heavy atom. The SMILES string of the molecule is CCCN(CC(=O)O)c1ncccc1C#N. The molecule has 0 saturated heterocycles. The molecule has 16 heavy (non-hydrogen) atoms. The number of carboxylic acids is 1. The van der Waals surface area contributed by atoms with Crippen molar-refractivity contribution in [2.24, 2.45) is 0 Å². The monoisotopic (exact) mass is 219 g/mol. The molecule has 0 aliphatic heterocycles. The minimum atomic E-state index is -0.928. The van der Waals surface area contributed by atoms with Crippen LogP contribution in [0.4, 0.5) is 5.82 Å². The Kier molecular flexibility index (Phi) is 4.28. The Labute approximate surface area is 93.9 Å². The van der Waals surface area contributed by atoms with E-state index in [1.165, 1.54) is 0 Å². The number of hydrogen-bond donors (Lipinski definition) is 1. The third-order valence-electron chi connectivity index (χ3n) is 2.03. The number of rotatable bonds is 5. The quantitative estimate of drug-likeness (QED) is 0.806. The number of hydrogen-bond acceptors (Lipinski definition) is 4. The zero-order valence-electron chi connectivity index (χ0n) is 9.05. The van der Waals surface area contributed by atoms with Gasteiger partial charge < -0.3 is 10.0 Å². The molecule has 1 heterocycles. The van der Waals surface area contributed by atoms with E-state index in [0.29, 0.717) is 17.9 Å². The lowest BCUT2D eigenvalue weighted by molar-refractivity contribution is -0.135. The van der Waals surface area contributed by atoms with Crippen LogP contribution in [-0.2, 0) is 4.79 Å². The van der Waals surface area contributed by atoms with Gasteiger partial charge in [0.25, 0.3) is 0 Å².